The van der Waals surface area contributed by atoms with Gasteiger partial charge < -0.3 is 13.9 Å². The summed E-state index contributed by atoms with van der Waals surface area (Å²) in [5.41, 5.74) is 1.20. The minimum absolute atomic E-state index is 0.0321. The zero-order valence-corrected chi connectivity index (χ0v) is 13.9. The second kappa shape index (κ2) is 7.48. The van der Waals surface area contributed by atoms with Gasteiger partial charge in [-0.3, -0.25) is 10.1 Å². The maximum Gasteiger partial charge on any atom is 0.322 e. The number of hydrogen-bond acceptors (Lipinski definition) is 6. The highest BCUT2D eigenvalue weighted by atomic mass is 16.5. The molecule has 7 heteroatoms. The summed E-state index contributed by atoms with van der Waals surface area (Å²) in [5, 5.41) is 10.4. The molecule has 0 saturated heterocycles. The van der Waals surface area contributed by atoms with Crippen molar-refractivity contribution >= 4 is 11.9 Å². The number of nitrogens with one attached hydrogen (secondary N) is 1. The van der Waals surface area contributed by atoms with Crippen LogP contribution in [-0.4, -0.2) is 29.8 Å². The number of amides is 1. The molecule has 0 unspecified atom stereocenters. The minimum Gasteiger partial charge on any atom is -0.497 e. The second-order valence-electron chi connectivity index (χ2n) is 5.05. The molecule has 1 heterocycles. The molecule has 0 radical (unpaired) electrons. The third kappa shape index (κ3) is 3.95. The first-order chi connectivity index (χ1) is 12.2. The summed E-state index contributed by atoms with van der Waals surface area (Å²) in [4.78, 5) is 12.2. The number of aromatic nitrogens is 2. The fraction of sp³-hybridized carbons (Fsp3) is 0.167. The predicted octanol–water partition coefficient (Wildman–Crippen LogP) is 3.40. The monoisotopic (exact) mass is 339 g/mol. The van der Waals surface area contributed by atoms with Crippen molar-refractivity contribution in [2.24, 2.45) is 0 Å². The van der Waals surface area contributed by atoms with Crippen LogP contribution in [0, 0.1) is 0 Å². The molecule has 0 bridgehead atoms. The highest BCUT2D eigenvalue weighted by Crippen LogP contribution is 2.22. The Labute approximate surface area is 144 Å². The molecular weight excluding hydrogens is 322 g/mol. The molecule has 0 aliphatic heterocycles. The van der Waals surface area contributed by atoms with Gasteiger partial charge in [-0.05, 0) is 55.5 Å². The summed E-state index contributed by atoms with van der Waals surface area (Å²) < 4.78 is 15.9. The van der Waals surface area contributed by atoms with Gasteiger partial charge in [-0.1, -0.05) is 5.10 Å². The van der Waals surface area contributed by atoms with Crippen molar-refractivity contribution < 1.29 is 18.7 Å². The summed E-state index contributed by atoms with van der Waals surface area (Å²) in [7, 11) is 1.59. The number of anilines is 1. The number of benzene rings is 2. The Kier molecular flexibility index (Phi) is 4.94. The smallest absolute Gasteiger partial charge is 0.322 e. The van der Waals surface area contributed by atoms with Crippen molar-refractivity contribution in [2.75, 3.05) is 19.0 Å². The van der Waals surface area contributed by atoms with E-state index in [4.69, 9.17) is 13.9 Å². The van der Waals surface area contributed by atoms with Crippen LogP contribution in [0.15, 0.2) is 52.9 Å². The van der Waals surface area contributed by atoms with Crippen molar-refractivity contribution in [3.8, 4) is 23.0 Å². The molecule has 2 aromatic carbocycles. The lowest BCUT2D eigenvalue weighted by molar-refractivity contribution is 0.102. The normalized spacial score (nSPS) is 10.3. The van der Waals surface area contributed by atoms with Crippen molar-refractivity contribution in [3.05, 3.63) is 54.1 Å². The fourth-order valence-electron chi connectivity index (χ4n) is 2.16. The van der Waals surface area contributed by atoms with E-state index in [0.717, 1.165) is 11.3 Å². The molecule has 0 spiro atoms. The first-order valence-corrected chi connectivity index (χ1v) is 7.71. The van der Waals surface area contributed by atoms with Gasteiger partial charge in [-0.15, -0.1) is 5.10 Å². The number of rotatable bonds is 6. The lowest BCUT2D eigenvalue weighted by Gasteiger charge is -2.04. The van der Waals surface area contributed by atoms with Crippen molar-refractivity contribution in [3.63, 3.8) is 0 Å². The molecule has 1 aromatic heterocycles. The molecule has 25 heavy (non-hydrogen) atoms. The number of carbonyl (C=O) groups is 1. The highest BCUT2D eigenvalue weighted by molar-refractivity contribution is 6.03. The molecule has 1 amide bonds. The molecule has 0 fully saturated rings. The van der Waals surface area contributed by atoms with Gasteiger partial charge in [0, 0.05) is 11.1 Å². The summed E-state index contributed by atoms with van der Waals surface area (Å²) >= 11 is 0. The predicted molar refractivity (Wildman–Crippen MR) is 91.9 cm³/mol. The van der Waals surface area contributed by atoms with Crippen LogP contribution in [0.1, 0.15) is 17.3 Å². The molecule has 3 aromatic rings. The van der Waals surface area contributed by atoms with Crippen LogP contribution < -0.4 is 14.8 Å². The number of methoxy groups -OCH3 is 1. The van der Waals surface area contributed by atoms with Crippen molar-refractivity contribution in [1.82, 2.24) is 10.2 Å². The highest BCUT2D eigenvalue weighted by Gasteiger charge is 2.13. The van der Waals surface area contributed by atoms with Crippen molar-refractivity contribution in [2.45, 2.75) is 6.92 Å². The van der Waals surface area contributed by atoms with Crippen LogP contribution >= 0.6 is 0 Å². The van der Waals surface area contributed by atoms with Crippen LogP contribution in [0.4, 0.5) is 6.01 Å². The lowest BCUT2D eigenvalue weighted by atomic mass is 10.2. The van der Waals surface area contributed by atoms with E-state index in [2.05, 4.69) is 15.5 Å². The first-order valence-electron chi connectivity index (χ1n) is 7.71. The van der Waals surface area contributed by atoms with E-state index in [-0.39, 0.29) is 11.9 Å². The second-order valence-corrected chi connectivity index (χ2v) is 5.05. The largest absolute Gasteiger partial charge is 0.497 e. The molecule has 0 saturated carbocycles. The summed E-state index contributed by atoms with van der Waals surface area (Å²) in [6.07, 6.45) is 0. The summed E-state index contributed by atoms with van der Waals surface area (Å²) in [6, 6.07) is 14.0. The Morgan fingerprint density at radius 2 is 1.72 bits per heavy atom. The van der Waals surface area contributed by atoms with E-state index >= 15 is 0 Å². The zero-order valence-electron chi connectivity index (χ0n) is 13.9. The van der Waals surface area contributed by atoms with Crippen LogP contribution in [0.5, 0.6) is 11.5 Å². The number of ether oxygens (including phenoxy) is 2. The van der Waals surface area contributed by atoms with Crippen LogP contribution in [0.25, 0.3) is 11.5 Å². The summed E-state index contributed by atoms with van der Waals surface area (Å²) in [5.74, 6) is 1.41. The van der Waals surface area contributed by atoms with Gasteiger partial charge in [0.15, 0.2) is 0 Å². The van der Waals surface area contributed by atoms with Gasteiger partial charge in [-0.2, -0.15) is 0 Å². The Bertz CT molecular complexity index is 842. The van der Waals surface area contributed by atoms with Gasteiger partial charge in [0.2, 0.25) is 5.89 Å². The molecule has 128 valence electrons. The molecule has 0 atom stereocenters. The van der Waals surface area contributed by atoms with Gasteiger partial charge in [0.05, 0.1) is 13.7 Å². The molecular formula is C18H17N3O4. The van der Waals surface area contributed by atoms with Gasteiger partial charge in [0.25, 0.3) is 5.91 Å². The van der Waals surface area contributed by atoms with Crippen LogP contribution in [0.2, 0.25) is 0 Å². The lowest BCUT2D eigenvalue weighted by Crippen LogP contribution is -2.12. The van der Waals surface area contributed by atoms with Gasteiger partial charge in [-0.25, -0.2) is 0 Å². The average molecular weight is 339 g/mol. The molecule has 3 rings (SSSR count). The van der Waals surface area contributed by atoms with E-state index in [1.807, 2.05) is 6.92 Å². The maximum atomic E-state index is 12.2. The molecule has 1 N–H and O–H groups in total. The van der Waals surface area contributed by atoms with Gasteiger partial charge >= 0.3 is 6.01 Å². The summed E-state index contributed by atoms with van der Waals surface area (Å²) in [6.45, 7) is 2.47. The zero-order chi connectivity index (χ0) is 17.6. The Morgan fingerprint density at radius 3 is 2.36 bits per heavy atom. The van der Waals surface area contributed by atoms with Gasteiger partial charge in [0.1, 0.15) is 11.5 Å². The van der Waals surface area contributed by atoms with E-state index in [1.54, 1.807) is 55.6 Å². The third-order valence-corrected chi connectivity index (χ3v) is 3.41. The van der Waals surface area contributed by atoms with E-state index in [9.17, 15) is 4.79 Å². The Hall–Kier alpha value is -3.35. The standard InChI is InChI=1S/C18H17N3O4/c1-3-24-15-10-4-12(5-11-15)16(22)19-18-21-20-17(25-18)13-6-8-14(23-2)9-7-13/h4-11H,3H2,1-2H3,(H,19,21,22). The fourth-order valence-corrected chi connectivity index (χ4v) is 2.16. The SMILES string of the molecule is CCOc1ccc(C(=O)Nc2nnc(-c3ccc(OC)cc3)o2)cc1. The first kappa shape index (κ1) is 16.5. The van der Waals surface area contributed by atoms with Crippen molar-refractivity contribution in [1.29, 1.82) is 0 Å². The molecule has 0 aliphatic carbocycles. The minimum atomic E-state index is -0.340. The van der Waals surface area contributed by atoms with E-state index in [0.29, 0.717) is 23.8 Å². The third-order valence-electron chi connectivity index (χ3n) is 3.41. The number of hydrogen-bond donors (Lipinski definition) is 1. The van der Waals surface area contributed by atoms with E-state index in [1.165, 1.54) is 0 Å². The Morgan fingerprint density at radius 1 is 1.04 bits per heavy atom. The quantitative estimate of drug-likeness (QED) is 0.741. The Balaban J connectivity index is 1.68. The molecule has 0 aliphatic rings. The molecule has 7 nitrogen and oxygen atoms in total. The number of nitrogens with zero attached hydrogens (tertiary/aromatic N) is 2. The van der Waals surface area contributed by atoms with Crippen LogP contribution in [0.3, 0.4) is 0 Å². The van der Waals surface area contributed by atoms with E-state index < -0.39 is 0 Å². The number of carbonyl (C=O) groups excluding carboxylic acids is 1. The van der Waals surface area contributed by atoms with Crippen LogP contribution in [-0.2, 0) is 0 Å². The average Bonchev–Trinajstić information content (AvgIpc) is 3.11. The topological polar surface area (TPSA) is 86.5 Å². The maximum absolute atomic E-state index is 12.2.